The number of rotatable bonds is 4. The number of nitrogens with zero attached hydrogens (tertiary/aromatic N) is 2. The lowest BCUT2D eigenvalue weighted by Gasteiger charge is -2.24. The largest absolute Gasteiger partial charge is 0.416 e. The summed E-state index contributed by atoms with van der Waals surface area (Å²) in [5.74, 6) is 0. The van der Waals surface area contributed by atoms with Crippen molar-refractivity contribution >= 4 is 17.5 Å². The summed E-state index contributed by atoms with van der Waals surface area (Å²) in [6.07, 6.45) is 0.122. The van der Waals surface area contributed by atoms with Crippen LogP contribution in [-0.2, 0) is 6.18 Å². The molecule has 1 aliphatic heterocycles. The Morgan fingerprint density at radius 1 is 0.828 bits per heavy atom. The lowest BCUT2D eigenvalue weighted by atomic mass is 10.0. The number of anilines is 1. The zero-order valence-corrected chi connectivity index (χ0v) is 15.6. The quantitative estimate of drug-likeness (QED) is 0.481. The summed E-state index contributed by atoms with van der Waals surface area (Å²) in [6.45, 7) is 0. The number of allylic oxidation sites excluding steroid dienone is 1. The van der Waals surface area contributed by atoms with Crippen molar-refractivity contribution in [3.8, 4) is 0 Å². The summed E-state index contributed by atoms with van der Waals surface area (Å²) in [5.41, 5.74) is 2.63. The van der Waals surface area contributed by atoms with E-state index in [-0.39, 0.29) is 6.04 Å². The minimum absolute atomic E-state index is 0.157. The van der Waals surface area contributed by atoms with E-state index in [0.717, 1.165) is 29.0 Å². The van der Waals surface area contributed by atoms with Crippen LogP contribution in [-0.4, -0.2) is 5.71 Å². The maximum Gasteiger partial charge on any atom is 0.416 e. The van der Waals surface area contributed by atoms with Gasteiger partial charge in [0.15, 0.2) is 0 Å². The van der Waals surface area contributed by atoms with Gasteiger partial charge in [-0.3, -0.25) is 5.01 Å². The fourth-order valence-corrected chi connectivity index (χ4v) is 3.39. The van der Waals surface area contributed by atoms with Crippen molar-refractivity contribution in [1.29, 1.82) is 0 Å². The van der Waals surface area contributed by atoms with Crippen molar-refractivity contribution in [3.63, 3.8) is 0 Å². The molecule has 0 N–H and O–H groups in total. The first-order valence-corrected chi connectivity index (χ1v) is 9.33. The zero-order chi connectivity index (χ0) is 20.3. The monoisotopic (exact) mass is 392 g/mol. The van der Waals surface area contributed by atoms with E-state index in [1.165, 1.54) is 6.07 Å². The molecule has 0 aromatic heterocycles. The summed E-state index contributed by atoms with van der Waals surface area (Å²) >= 11 is 0. The molecule has 3 aromatic carbocycles. The predicted octanol–water partition coefficient (Wildman–Crippen LogP) is 6.73. The highest BCUT2D eigenvalue weighted by molar-refractivity contribution is 6.01. The number of hydrazone groups is 1. The molecule has 0 spiro atoms. The fourth-order valence-electron chi connectivity index (χ4n) is 3.39. The van der Waals surface area contributed by atoms with Crippen LogP contribution in [0.5, 0.6) is 0 Å². The van der Waals surface area contributed by atoms with Crippen LogP contribution in [0.4, 0.5) is 18.9 Å². The molecule has 29 heavy (non-hydrogen) atoms. The Morgan fingerprint density at radius 3 is 2.21 bits per heavy atom. The normalized spacial score (nSPS) is 17.0. The zero-order valence-electron chi connectivity index (χ0n) is 15.6. The summed E-state index contributed by atoms with van der Waals surface area (Å²) in [5, 5.41) is 6.34. The molecule has 1 heterocycles. The van der Waals surface area contributed by atoms with Crippen molar-refractivity contribution in [2.24, 2.45) is 5.10 Å². The average Bonchev–Trinajstić information content (AvgIpc) is 3.18. The first-order valence-electron chi connectivity index (χ1n) is 9.33. The lowest BCUT2D eigenvalue weighted by molar-refractivity contribution is -0.137. The molecule has 0 bridgehead atoms. The van der Waals surface area contributed by atoms with Gasteiger partial charge in [-0.15, -0.1) is 0 Å². The molecule has 1 aliphatic rings. The number of halogens is 3. The van der Waals surface area contributed by atoms with Gasteiger partial charge in [-0.2, -0.15) is 18.3 Å². The highest BCUT2D eigenvalue weighted by Crippen LogP contribution is 2.38. The highest BCUT2D eigenvalue weighted by Gasteiger charge is 2.33. The Morgan fingerprint density at radius 2 is 1.52 bits per heavy atom. The van der Waals surface area contributed by atoms with Gasteiger partial charge in [-0.05, 0) is 35.4 Å². The van der Waals surface area contributed by atoms with Crippen LogP contribution in [0.2, 0.25) is 0 Å². The molecular formula is C24H19F3N2. The molecule has 0 aliphatic carbocycles. The Kier molecular flexibility index (Phi) is 5.21. The van der Waals surface area contributed by atoms with Gasteiger partial charge in [0.1, 0.15) is 0 Å². The van der Waals surface area contributed by atoms with Gasteiger partial charge in [-0.1, -0.05) is 72.8 Å². The van der Waals surface area contributed by atoms with E-state index in [0.29, 0.717) is 12.1 Å². The average molecular weight is 392 g/mol. The molecule has 146 valence electrons. The highest BCUT2D eigenvalue weighted by atomic mass is 19.4. The molecule has 0 saturated heterocycles. The number of hydrogen-bond acceptors (Lipinski definition) is 2. The van der Waals surface area contributed by atoms with Crippen molar-refractivity contribution < 1.29 is 13.2 Å². The van der Waals surface area contributed by atoms with Crippen LogP contribution in [0.3, 0.4) is 0 Å². The summed E-state index contributed by atoms with van der Waals surface area (Å²) in [7, 11) is 0. The fraction of sp³-hybridized carbons (Fsp3) is 0.125. The summed E-state index contributed by atoms with van der Waals surface area (Å²) < 4.78 is 39.6. The molecule has 0 saturated carbocycles. The molecule has 1 unspecified atom stereocenters. The molecule has 3 aromatic rings. The summed E-state index contributed by atoms with van der Waals surface area (Å²) in [6, 6.07) is 24.7. The molecule has 4 rings (SSSR count). The van der Waals surface area contributed by atoms with Crippen LogP contribution >= 0.6 is 0 Å². The number of alkyl halides is 3. The second-order valence-electron chi connectivity index (χ2n) is 6.86. The number of hydrogen-bond donors (Lipinski definition) is 0. The van der Waals surface area contributed by atoms with E-state index in [2.05, 4.69) is 5.10 Å². The first kappa shape index (κ1) is 19.0. The Labute approximate surface area is 167 Å². The molecular weight excluding hydrogens is 373 g/mol. The smallest absolute Gasteiger partial charge is 0.257 e. The predicted molar refractivity (Wildman–Crippen MR) is 111 cm³/mol. The van der Waals surface area contributed by atoms with Gasteiger partial charge in [-0.25, -0.2) is 0 Å². The number of benzene rings is 3. The Hall–Kier alpha value is -3.34. The molecule has 0 radical (unpaired) electrons. The van der Waals surface area contributed by atoms with Gasteiger partial charge >= 0.3 is 6.18 Å². The van der Waals surface area contributed by atoms with E-state index in [4.69, 9.17) is 0 Å². The van der Waals surface area contributed by atoms with Gasteiger partial charge in [0.05, 0.1) is 23.0 Å². The van der Waals surface area contributed by atoms with Crippen LogP contribution in [0, 0.1) is 0 Å². The second kappa shape index (κ2) is 7.95. The van der Waals surface area contributed by atoms with Gasteiger partial charge in [0.2, 0.25) is 0 Å². The molecule has 2 nitrogen and oxygen atoms in total. The third-order valence-electron chi connectivity index (χ3n) is 4.82. The minimum Gasteiger partial charge on any atom is -0.257 e. The van der Waals surface area contributed by atoms with Crippen molar-refractivity contribution in [3.05, 3.63) is 108 Å². The van der Waals surface area contributed by atoms with Gasteiger partial charge in [0.25, 0.3) is 0 Å². The Balaban J connectivity index is 1.69. The van der Waals surface area contributed by atoms with Crippen LogP contribution in [0.1, 0.15) is 29.2 Å². The standard InChI is InChI=1S/C24H19F3N2/c25-24(26,27)20-12-7-13-22(16-20)29-23(19-10-5-2-6-11-19)17-21(28-29)15-14-18-8-3-1-4-9-18/h1-16,23H,17H2/b15-14+. The minimum atomic E-state index is -4.39. The second-order valence-corrected chi connectivity index (χ2v) is 6.86. The molecule has 0 amide bonds. The van der Waals surface area contributed by atoms with Gasteiger partial charge < -0.3 is 0 Å². The Bertz CT molecular complexity index is 1020. The van der Waals surface area contributed by atoms with E-state index in [1.54, 1.807) is 11.1 Å². The maximum absolute atomic E-state index is 13.2. The maximum atomic E-state index is 13.2. The van der Waals surface area contributed by atoms with Crippen molar-refractivity contribution in [2.45, 2.75) is 18.6 Å². The third kappa shape index (κ3) is 4.40. The van der Waals surface area contributed by atoms with Crippen LogP contribution in [0.25, 0.3) is 6.08 Å². The third-order valence-corrected chi connectivity index (χ3v) is 4.82. The topological polar surface area (TPSA) is 15.6 Å². The van der Waals surface area contributed by atoms with E-state index in [1.807, 2.05) is 72.8 Å². The molecule has 5 heteroatoms. The molecule has 1 atom stereocenters. The van der Waals surface area contributed by atoms with E-state index >= 15 is 0 Å². The molecule has 0 fully saturated rings. The van der Waals surface area contributed by atoms with Crippen molar-refractivity contribution in [2.75, 3.05) is 5.01 Å². The lowest BCUT2D eigenvalue weighted by Crippen LogP contribution is -2.19. The van der Waals surface area contributed by atoms with Gasteiger partial charge in [0, 0.05) is 6.42 Å². The van der Waals surface area contributed by atoms with Crippen LogP contribution in [0.15, 0.2) is 96.1 Å². The SMILES string of the molecule is FC(F)(F)c1cccc(N2N=C(/C=C/c3ccccc3)CC2c2ccccc2)c1. The summed E-state index contributed by atoms with van der Waals surface area (Å²) in [4.78, 5) is 0. The van der Waals surface area contributed by atoms with E-state index in [9.17, 15) is 13.2 Å². The van der Waals surface area contributed by atoms with Crippen LogP contribution < -0.4 is 5.01 Å². The first-order chi connectivity index (χ1) is 14.0. The van der Waals surface area contributed by atoms with E-state index < -0.39 is 11.7 Å². The van der Waals surface area contributed by atoms with Crippen molar-refractivity contribution in [1.82, 2.24) is 0 Å².